The molecular formula is C20H18N2O3. The van der Waals surface area contributed by atoms with E-state index in [-0.39, 0.29) is 5.57 Å². The van der Waals surface area contributed by atoms with Gasteiger partial charge in [-0.15, -0.1) is 0 Å². The van der Waals surface area contributed by atoms with E-state index < -0.39 is 17.8 Å². The Balaban J connectivity index is 1.98. The molecule has 1 heterocycles. The molecule has 3 rings (SSSR count). The van der Waals surface area contributed by atoms with Crippen molar-refractivity contribution in [2.45, 2.75) is 20.3 Å². The summed E-state index contributed by atoms with van der Waals surface area (Å²) in [5.74, 6) is -1.31. The lowest BCUT2D eigenvalue weighted by Gasteiger charge is -2.26. The number of nitrogens with one attached hydrogen (secondary N) is 1. The Bertz CT molecular complexity index is 882. The van der Waals surface area contributed by atoms with Gasteiger partial charge >= 0.3 is 6.03 Å². The molecule has 5 nitrogen and oxygen atoms in total. The van der Waals surface area contributed by atoms with Gasteiger partial charge in [-0.3, -0.25) is 14.9 Å². The van der Waals surface area contributed by atoms with E-state index in [1.54, 1.807) is 18.2 Å². The van der Waals surface area contributed by atoms with Crippen LogP contribution in [0, 0.1) is 6.92 Å². The van der Waals surface area contributed by atoms with Crippen molar-refractivity contribution in [1.82, 2.24) is 5.32 Å². The fourth-order valence-corrected chi connectivity index (χ4v) is 2.68. The molecule has 0 bridgehead atoms. The van der Waals surface area contributed by atoms with E-state index in [0.717, 1.165) is 28.0 Å². The van der Waals surface area contributed by atoms with Crippen molar-refractivity contribution in [3.63, 3.8) is 0 Å². The zero-order valence-electron chi connectivity index (χ0n) is 14.1. The van der Waals surface area contributed by atoms with Gasteiger partial charge in [-0.05, 0) is 48.2 Å². The van der Waals surface area contributed by atoms with Crippen LogP contribution in [-0.2, 0) is 16.0 Å². The number of barbiturate groups is 1. The van der Waals surface area contributed by atoms with Crippen LogP contribution in [0.4, 0.5) is 10.5 Å². The second-order valence-electron chi connectivity index (χ2n) is 5.89. The highest BCUT2D eigenvalue weighted by molar-refractivity contribution is 6.39. The minimum Gasteiger partial charge on any atom is -0.273 e. The summed E-state index contributed by atoms with van der Waals surface area (Å²) in [6.45, 7) is 3.92. The zero-order valence-corrected chi connectivity index (χ0v) is 14.1. The Kier molecular flexibility index (Phi) is 4.48. The maximum atomic E-state index is 12.8. The number of benzene rings is 2. The fourth-order valence-electron chi connectivity index (χ4n) is 2.68. The third-order valence-electron chi connectivity index (χ3n) is 4.06. The van der Waals surface area contributed by atoms with E-state index in [0.29, 0.717) is 5.69 Å². The van der Waals surface area contributed by atoms with Crippen LogP contribution in [-0.4, -0.2) is 17.8 Å². The number of nitrogens with zero attached hydrogens (tertiary/aromatic N) is 1. The van der Waals surface area contributed by atoms with E-state index in [9.17, 15) is 14.4 Å². The summed E-state index contributed by atoms with van der Waals surface area (Å²) in [7, 11) is 0. The van der Waals surface area contributed by atoms with Crippen molar-refractivity contribution in [2.75, 3.05) is 4.90 Å². The minimum absolute atomic E-state index is 0.0645. The van der Waals surface area contributed by atoms with E-state index in [1.807, 2.05) is 37.3 Å². The molecule has 5 heteroatoms. The summed E-state index contributed by atoms with van der Waals surface area (Å²) >= 11 is 0. The van der Waals surface area contributed by atoms with Crippen molar-refractivity contribution in [3.05, 3.63) is 70.8 Å². The summed E-state index contributed by atoms with van der Waals surface area (Å²) in [5.41, 5.74) is 3.18. The number of aryl methyl sites for hydroxylation is 2. The van der Waals surface area contributed by atoms with Gasteiger partial charge in [0.05, 0.1) is 5.69 Å². The molecule has 1 fully saturated rings. The number of hydrogen-bond donors (Lipinski definition) is 1. The molecule has 25 heavy (non-hydrogen) atoms. The minimum atomic E-state index is -0.737. The molecule has 0 aliphatic carbocycles. The van der Waals surface area contributed by atoms with Gasteiger partial charge in [-0.1, -0.05) is 43.3 Å². The maximum absolute atomic E-state index is 12.8. The van der Waals surface area contributed by atoms with E-state index >= 15 is 0 Å². The first-order valence-corrected chi connectivity index (χ1v) is 8.06. The third kappa shape index (κ3) is 3.35. The van der Waals surface area contributed by atoms with Gasteiger partial charge < -0.3 is 0 Å². The van der Waals surface area contributed by atoms with Crippen LogP contribution in [0.25, 0.3) is 6.08 Å². The van der Waals surface area contributed by atoms with Crippen LogP contribution >= 0.6 is 0 Å². The van der Waals surface area contributed by atoms with E-state index in [2.05, 4.69) is 12.2 Å². The number of urea groups is 1. The zero-order chi connectivity index (χ0) is 18.0. The number of carbonyl (C=O) groups is 3. The summed E-state index contributed by atoms with van der Waals surface area (Å²) < 4.78 is 0. The number of rotatable bonds is 3. The number of carbonyl (C=O) groups excluding carboxylic acids is 3. The predicted molar refractivity (Wildman–Crippen MR) is 96.0 cm³/mol. The van der Waals surface area contributed by atoms with Crippen LogP contribution in [0.1, 0.15) is 23.6 Å². The molecule has 0 saturated carbocycles. The lowest BCUT2D eigenvalue weighted by molar-refractivity contribution is -0.122. The number of imide groups is 2. The molecule has 2 aromatic rings. The highest BCUT2D eigenvalue weighted by Crippen LogP contribution is 2.22. The molecule has 2 aromatic carbocycles. The Morgan fingerprint density at radius 3 is 2.40 bits per heavy atom. The summed E-state index contributed by atoms with van der Waals surface area (Å²) in [6.07, 6.45) is 2.41. The van der Waals surface area contributed by atoms with Crippen LogP contribution in [0.5, 0.6) is 0 Å². The lowest BCUT2D eigenvalue weighted by Crippen LogP contribution is -2.54. The lowest BCUT2D eigenvalue weighted by atomic mass is 10.0. The second kappa shape index (κ2) is 6.73. The van der Waals surface area contributed by atoms with Gasteiger partial charge in [0.25, 0.3) is 11.8 Å². The third-order valence-corrected chi connectivity index (χ3v) is 4.06. The molecule has 1 aliphatic heterocycles. The molecule has 0 radical (unpaired) electrons. The van der Waals surface area contributed by atoms with Crippen LogP contribution in [0.3, 0.4) is 0 Å². The smallest absolute Gasteiger partial charge is 0.273 e. The van der Waals surface area contributed by atoms with Crippen LogP contribution < -0.4 is 10.2 Å². The molecular weight excluding hydrogens is 316 g/mol. The fraction of sp³-hybridized carbons (Fsp3) is 0.150. The van der Waals surface area contributed by atoms with Gasteiger partial charge in [0.2, 0.25) is 0 Å². The van der Waals surface area contributed by atoms with Gasteiger partial charge in [-0.2, -0.15) is 0 Å². The molecule has 0 aromatic heterocycles. The normalized spacial score (nSPS) is 16.3. The highest BCUT2D eigenvalue weighted by atomic mass is 16.2. The van der Waals surface area contributed by atoms with Gasteiger partial charge in [-0.25, -0.2) is 9.69 Å². The number of amides is 4. The van der Waals surface area contributed by atoms with E-state index in [4.69, 9.17) is 0 Å². The van der Waals surface area contributed by atoms with Crippen LogP contribution in [0.2, 0.25) is 0 Å². The Hall–Kier alpha value is -3.21. The predicted octanol–water partition coefficient (Wildman–Crippen LogP) is 3.22. The quantitative estimate of drug-likeness (QED) is 0.692. The van der Waals surface area contributed by atoms with Crippen molar-refractivity contribution in [2.24, 2.45) is 0 Å². The molecule has 126 valence electrons. The monoisotopic (exact) mass is 334 g/mol. The first-order valence-electron chi connectivity index (χ1n) is 8.06. The van der Waals surface area contributed by atoms with Crippen molar-refractivity contribution < 1.29 is 14.4 Å². The Morgan fingerprint density at radius 1 is 1.04 bits per heavy atom. The highest BCUT2D eigenvalue weighted by Gasteiger charge is 2.36. The second-order valence-corrected chi connectivity index (χ2v) is 5.89. The Labute approximate surface area is 146 Å². The standard InChI is InChI=1S/C20H18N2O3/c1-3-14-7-9-15(10-8-14)12-17-18(23)21-20(25)22(19(17)24)16-6-4-5-13(2)11-16/h4-12H,3H2,1-2H3,(H,21,23,25)/b17-12+. The molecule has 0 unspecified atom stereocenters. The van der Waals surface area contributed by atoms with Gasteiger partial charge in [0, 0.05) is 0 Å². The topological polar surface area (TPSA) is 66.5 Å². The first-order chi connectivity index (χ1) is 12.0. The summed E-state index contributed by atoms with van der Waals surface area (Å²) in [6, 6.07) is 13.9. The molecule has 1 N–H and O–H groups in total. The van der Waals surface area contributed by atoms with Crippen molar-refractivity contribution >= 4 is 29.6 Å². The Morgan fingerprint density at radius 2 is 1.76 bits per heavy atom. The maximum Gasteiger partial charge on any atom is 0.335 e. The first kappa shape index (κ1) is 16.6. The number of anilines is 1. The number of hydrogen-bond acceptors (Lipinski definition) is 3. The average Bonchev–Trinajstić information content (AvgIpc) is 2.59. The summed E-state index contributed by atoms with van der Waals surface area (Å²) in [5, 5.41) is 2.23. The van der Waals surface area contributed by atoms with Crippen molar-refractivity contribution in [3.8, 4) is 0 Å². The molecule has 4 amide bonds. The molecule has 0 atom stereocenters. The molecule has 1 aliphatic rings. The van der Waals surface area contributed by atoms with Gasteiger partial charge in [0.1, 0.15) is 5.57 Å². The largest absolute Gasteiger partial charge is 0.335 e. The van der Waals surface area contributed by atoms with Crippen LogP contribution in [0.15, 0.2) is 54.1 Å². The summed E-state index contributed by atoms with van der Waals surface area (Å²) in [4.78, 5) is 38.0. The van der Waals surface area contributed by atoms with Gasteiger partial charge in [0.15, 0.2) is 0 Å². The molecule has 0 spiro atoms. The van der Waals surface area contributed by atoms with E-state index in [1.165, 1.54) is 6.08 Å². The molecule has 1 saturated heterocycles. The van der Waals surface area contributed by atoms with Crippen molar-refractivity contribution in [1.29, 1.82) is 0 Å². The average molecular weight is 334 g/mol. The SMILES string of the molecule is CCc1ccc(/C=C2\C(=O)NC(=O)N(c3cccc(C)c3)C2=O)cc1.